The molecule has 0 saturated carbocycles. The van der Waals surface area contributed by atoms with Crippen LogP contribution in [0.15, 0.2) is 65.7 Å². The SMILES string of the molecule is O=C1C(Nc2ccc(F)cc2)=C(c2cccs2)C(=O)N1c1ccc(Cl)c(Cl)c1. The van der Waals surface area contributed by atoms with Gasteiger partial charge in [0, 0.05) is 10.6 Å². The summed E-state index contributed by atoms with van der Waals surface area (Å²) in [5, 5.41) is 5.33. The van der Waals surface area contributed by atoms with E-state index < -0.39 is 17.6 Å². The Labute approximate surface area is 173 Å². The molecule has 0 radical (unpaired) electrons. The number of nitrogens with zero attached hydrogens (tertiary/aromatic N) is 1. The number of hydrogen-bond acceptors (Lipinski definition) is 4. The van der Waals surface area contributed by atoms with Gasteiger partial charge >= 0.3 is 0 Å². The fraction of sp³-hybridized carbons (Fsp3) is 0. The third-order valence-corrected chi connectivity index (χ3v) is 5.75. The smallest absolute Gasteiger partial charge is 0.282 e. The Bertz CT molecular complexity index is 1110. The number of carbonyl (C=O) groups is 2. The van der Waals surface area contributed by atoms with Crippen LogP contribution in [-0.4, -0.2) is 11.8 Å². The third kappa shape index (κ3) is 3.30. The molecule has 1 aromatic heterocycles. The molecule has 0 spiro atoms. The number of carbonyl (C=O) groups excluding carboxylic acids is 2. The normalized spacial score (nSPS) is 14.2. The number of imide groups is 1. The Kier molecular flexibility index (Phi) is 4.93. The van der Waals surface area contributed by atoms with Crippen molar-refractivity contribution in [2.24, 2.45) is 0 Å². The van der Waals surface area contributed by atoms with Crippen molar-refractivity contribution in [3.63, 3.8) is 0 Å². The van der Waals surface area contributed by atoms with Gasteiger partial charge < -0.3 is 5.32 Å². The van der Waals surface area contributed by atoms with Gasteiger partial charge in [0.05, 0.1) is 21.3 Å². The van der Waals surface area contributed by atoms with E-state index in [9.17, 15) is 14.0 Å². The number of amides is 2. The van der Waals surface area contributed by atoms with Gasteiger partial charge in [0.2, 0.25) is 0 Å². The number of nitrogens with one attached hydrogen (secondary N) is 1. The Hall–Kier alpha value is -2.67. The van der Waals surface area contributed by atoms with Gasteiger partial charge in [-0.25, -0.2) is 9.29 Å². The zero-order valence-electron chi connectivity index (χ0n) is 14.1. The van der Waals surface area contributed by atoms with Crippen molar-refractivity contribution in [1.29, 1.82) is 0 Å². The lowest BCUT2D eigenvalue weighted by atomic mass is 10.2. The average molecular weight is 433 g/mol. The molecule has 8 heteroatoms. The van der Waals surface area contributed by atoms with Crippen LogP contribution in [0, 0.1) is 5.82 Å². The van der Waals surface area contributed by atoms with E-state index in [1.807, 2.05) is 5.38 Å². The number of rotatable bonds is 4. The van der Waals surface area contributed by atoms with Crippen LogP contribution in [0.4, 0.5) is 15.8 Å². The minimum atomic E-state index is -0.531. The van der Waals surface area contributed by atoms with Crippen LogP contribution >= 0.6 is 34.5 Å². The maximum absolute atomic E-state index is 13.2. The molecule has 2 aromatic carbocycles. The minimum absolute atomic E-state index is 0.116. The maximum Gasteiger partial charge on any atom is 0.282 e. The van der Waals surface area contributed by atoms with E-state index >= 15 is 0 Å². The summed E-state index contributed by atoms with van der Waals surface area (Å²) in [7, 11) is 0. The highest BCUT2D eigenvalue weighted by molar-refractivity contribution is 7.11. The van der Waals surface area contributed by atoms with Gasteiger partial charge in [-0.2, -0.15) is 0 Å². The molecule has 0 fully saturated rings. The van der Waals surface area contributed by atoms with Crippen LogP contribution < -0.4 is 10.2 Å². The topological polar surface area (TPSA) is 49.4 Å². The molecular weight excluding hydrogens is 422 g/mol. The van der Waals surface area contributed by atoms with Crippen molar-refractivity contribution in [3.05, 3.63) is 86.4 Å². The predicted molar refractivity (Wildman–Crippen MR) is 110 cm³/mol. The quantitative estimate of drug-likeness (QED) is 0.546. The summed E-state index contributed by atoms with van der Waals surface area (Å²) >= 11 is 13.3. The van der Waals surface area contributed by atoms with E-state index in [4.69, 9.17) is 23.2 Å². The van der Waals surface area contributed by atoms with E-state index in [0.717, 1.165) is 4.90 Å². The van der Waals surface area contributed by atoms with Crippen molar-refractivity contribution < 1.29 is 14.0 Å². The average Bonchev–Trinajstić information content (AvgIpc) is 3.27. The number of benzene rings is 2. The molecule has 140 valence electrons. The molecule has 2 heterocycles. The molecular formula is C20H11Cl2FN2O2S. The summed E-state index contributed by atoms with van der Waals surface area (Å²) < 4.78 is 13.2. The molecule has 2 amide bonds. The molecule has 3 aromatic rings. The van der Waals surface area contributed by atoms with Crippen LogP contribution in [0.25, 0.3) is 5.57 Å². The van der Waals surface area contributed by atoms with E-state index in [1.165, 1.54) is 47.7 Å². The van der Waals surface area contributed by atoms with E-state index in [2.05, 4.69) is 5.32 Å². The van der Waals surface area contributed by atoms with Gasteiger partial charge in [-0.3, -0.25) is 9.59 Å². The molecule has 1 N–H and O–H groups in total. The van der Waals surface area contributed by atoms with Gasteiger partial charge in [0.25, 0.3) is 11.8 Å². The Morgan fingerprint density at radius 2 is 1.68 bits per heavy atom. The van der Waals surface area contributed by atoms with Gasteiger partial charge in [-0.1, -0.05) is 29.3 Å². The second-order valence-electron chi connectivity index (χ2n) is 5.90. The van der Waals surface area contributed by atoms with Crippen LogP contribution in [0.2, 0.25) is 10.0 Å². The molecule has 4 rings (SSSR count). The zero-order valence-corrected chi connectivity index (χ0v) is 16.4. The molecule has 0 unspecified atom stereocenters. The molecule has 4 nitrogen and oxygen atoms in total. The molecule has 1 aliphatic rings. The Balaban J connectivity index is 1.79. The maximum atomic E-state index is 13.2. The molecule has 0 saturated heterocycles. The fourth-order valence-electron chi connectivity index (χ4n) is 2.83. The highest BCUT2D eigenvalue weighted by Crippen LogP contribution is 2.37. The second-order valence-corrected chi connectivity index (χ2v) is 7.67. The highest BCUT2D eigenvalue weighted by atomic mass is 35.5. The zero-order chi connectivity index (χ0) is 19.8. The van der Waals surface area contributed by atoms with Crippen molar-refractivity contribution in [2.45, 2.75) is 0 Å². The molecule has 0 atom stereocenters. The largest absolute Gasteiger partial charge is 0.350 e. The number of anilines is 2. The van der Waals surface area contributed by atoms with Crippen molar-refractivity contribution in [2.75, 3.05) is 10.2 Å². The van der Waals surface area contributed by atoms with Crippen LogP contribution in [-0.2, 0) is 9.59 Å². The first-order valence-corrected chi connectivity index (χ1v) is 9.74. The summed E-state index contributed by atoms with van der Waals surface area (Å²) in [6.45, 7) is 0. The summed E-state index contributed by atoms with van der Waals surface area (Å²) in [5.74, 6) is -1.41. The van der Waals surface area contributed by atoms with Gasteiger partial charge in [0.15, 0.2) is 0 Å². The van der Waals surface area contributed by atoms with E-state index in [1.54, 1.807) is 18.2 Å². The Morgan fingerprint density at radius 3 is 2.32 bits per heavy atom. The van der Waals surface area contributed by atoms with Gasteiger partial charge in [-0.05, 0) is 53.9 Å². The number of thiophene rings is 1. The van der Waals surface area contributed by atoms with E-state index in [-0.39, 0.29) is 16.3 Å². The predicted octanol–water partition coefficient (Wildman–Crippen LogP) is 5.59. The first kappa shape index (κ1) is 18.7. The molecule has 0 bridgehead atoms. The molecule has 1 aliphatic heterocycles. The minimum Gasteiger partial charge on any atom is -0.350 e. The lowest BCUT2D eigenvalue weighted by Crippen LogP contribution is -2.32. The first-order valence-electron chi connectivity index (χ1n) is 8.10. The summed E-state index contributed by atoms with van der Waals surface area (Å²) in [4.78, 5) is 28.0. The van der Waals surface area contributed by atoms with Crippen molar-refractivity contribution in [1.82, 2.24) is 0 Å². The summed E-state index contributed by atoms with van der Waals surface area (Å²) in [5.41, 5.74) is 1.16. The highest BCUT2D eigenvalue weighted by Gasteiger charge is 2.40. The number of halogens is 3. The van der Waals surface area contributed by atoms with Crippen LogP contribution in [0.5, 0.6) is 0 Å². The monoisotopic (exact) mass is 432 g/mol. The first-order chi connectivity index (χ1) is 13.5. The van der Waals surface area contributed by atoms with Crippen LogP contribution in [0.3, 0.4) is 0 Å². The van der Waals surface area contributed by atoms with Gasteiger partial charge in [-0.15, -0.1) is 11.3 Å². The van der Waals surface area contributed by atoms with Crippen molar-refractivity contribution >= 4 is 63.3 Å². The fourth-order valence-corrected chi connectivity index (χ4v) is 3.89. The number of hydrogen-bond donors (Lipinski definition) is 1. The lowest BCUT2D eigenvalue weighted by Gasteiger charge is -2.16. The third-order valence-electron chi connectivity index (χ3n) is 4.13. The lowest BCUT2D eigenvalue weighted by molar-refractivity contribution is -0.120. The van der Waals surface area contributed by atoms with Gasteiger partial charge in [0.1, 0.15) is 11.5 Å². The summed E-state index contributed by atoms with van der Waals surface area (Å²) in [6, 6.07) is 13.6. The Morgan fingerprint density at radius 1 is 0.929 bits per heavy atom. The van der Waals surface area contributed by atoms with Crippen molar-refractivity contribution in [3.8, 4) is 0 Å². The standard InChI is InChI=1S/C20H11Cl2FN2O2S/c21-14-8-7-13(10-15(14)22)25-19(26)17(16-2-1-9-28-16)18(20(25)27)24-12-5-3-11(23)4-6-12/h1-10,24H. The van der Waals surface area contributed by atoms with E-state index in [0.29, 0.717) is 21.3 Å². The molecule has 0 aliphatic carbocycles. The molecule has 28 heavy (non-hydrogen) atoms. The second kappa shape index (κ2) is 7.39. The van der Waals surface area contributed by atoms with Crippen LogP contribution in [0.1, 0.15) is 4.88 Å². The summed E-state index contributed by atoms with van der Waals surface area (Å²) in [6.07, 6.45) is 0.